The number of hydrogen-bond donors (Lipinski definition) is 1. The quantitative estimate of drug-likeness (QED) is 0.833. The highest BCUT2D eigenvalue weighted by Gasteiger charge is 2.18. The molecule has 1 aromatic rings. The number of rotatable bonds is 4. The zero-order valence-electron chi connectivity index (χ0n) is 9.93. The van der Waals surface area contributed by atoms with Gasteiger partial charge in [-0.1, -0.05) is 28.9 Å². The Kier molecular flexibility index (Phi) is 4.42. The highest BCUT2D eigenvalue weighted by molar-refractivity contribution is 9.10. The molecule has 0 saturated carbocycles. The van der Waals surface area contributed by atoms with Gasteiger partial charge < -0.3 is 5.32 Å². The highest BCUT2D eigenvalue weighted by atomic mass is 79.9. The largest absolute Gasteiger partial charge is 0.316 e. The molecule has 0 radical (unpaired) electrons. The van der Waals surface area contributed by atoms with E-state index in [4.69, 9.17) is 0 Å². The van der Waals surface area contributed by atoms with Crippen molar-refractivity contribution in [2.75, 3.05) is 13.1 Å². The van der Waals surface area contributed by atoms with E-state index in [1.807, 2.05) is 0 Å². The van der Waals surface area contributed by atoms with E-state index in [2.05, 4.69) is 46.4 Å². The number of benzene rings is 1. The Labute approximate surface area is 107 Å². The lowest BCUT2D eigenvalue weighted by atomic mass is 9.84. The second kappa shape index (κ2) is 5.83. The first kappa shape index (κ1) is 12.1. The Hall–Kier alpha value is -0.340. The highest BCUT2D eigenvalue weighted by Crippen LogP contribution is 2.27. The van der Waals surface area contributed by atoms with Gasteiger partial charge in [0.05, 0.1) is 0 Å². The normalized spacial score (nSPS) is 19.5. The van der Waals surface area contributed by atoms with Gasteiger partial charge in [-0.25, -0.2) is 0 Å². The average Bonchev–Trinajstić information content (AvgIpc) is 2.29. The molecule has 0 saturated heterocycles. The molecular weight excluding hydrogens is 262 g/mol. The van der Waals surface area contributed by atoms with E-state index in [1.54, 1.807) is 11.1 Å². The van der Waals surface area contributed by atoms with Gasteiger partial charge in [0, 0.05) is 4.47 Å². The fourth-order valence-corrected chi connectivity index (χ4v) is 2.86. The number of nitrogens with one attached hydrogen (secondary N) is 1. The van der Waals surface area contributed by atoms with E-state index in [-0.39, 0.29) is 0 Å². The summed E-state index contributed by atoms with van der Waals surface area (Å²) in [7, 11) is 0. The van der Waals surface area contributed by atoms with Gasteiger partial charge in [0.1, 0.15) is 0 Å². The molecule has 1 aliphatic carbocycles. The Morgan fingerprint density at radius 3 is 3.06 bits per heavy atom. The number of aryl methyl sites for hydroxylation is 1. The van der Waals surface area contributed by atoms with Gasteiger partial charge in [-0.3, -0.25) is 0 Å². The molecule has 0 amide bonds. The van der Waals surface area contributed by atoms with Gasteiger partial charge in [0.15, 0.2) is 0 Å². The Bertz CT molecular complexity index is 349. The van der Waals surface area contributed by atoms with Crippen molar-refractivity contribution in [1.29, 1.82) is 0 Å². The molecule has 1 nitrogen and oxygen atoms in total. The topological polar surface area (TPSA) is 12.0 Å². The van der Waals surface area contributed by atoms with E-state index in [1.165, 1.54) is 36.7 Å². The van der Waals surface area contributed by atoms with Crippen LogP contribution >= 0.6 is 15.9 Å². The lowest BCUT2D eigenvalue weighted by molar-refractivity contribution is 0.425. The average molecular weight is 282 g/mol. The van der Waals surface area contributed by atoms with Gasteiger partial charge in [0.25, 0.3) is 0 Å². The van der Waals surface area contributed by atoms with E-state index in [0.717, 1.165) is 12.5 Å². The lowest BCUT2D eigenvalue weighted by Gasteiger charge is -2.25. The zero-order valence-corrected chi connectivity index (χ0v) is 11.5. The van der Waals surface area contributed by atoms with Crippen LogP contribution in [0.5, 0.6) is 0 Å². The minimum atomic E-state index is 0.834. The number of hydrogen-bond acceptors (Lipinski definition) is 1. The molecule has 2 heteroatoms. The van der Waals surface area contributed by atoms with Crippen molar-refractivity contribution in [3.63, 3.8) is 0 Å². The summed E-state index contributed by atoms with van der Waals surface area (Å²) in [5.74, 6) is 0.834. The van der Waals surface area contributed by atoms with Gasteiger partial charge in [0.2, 0.25) is 0 Å². The molecule has 0 bridgehead atoms. The van der Waals surface area contributed by atoms with Crippen LogP contribution in [-0.4, -0.2) is 13.1 Å². The molecule has 2 rings (SSSR count). The molecule has 1 aliphatic rings. The van der Waals surface area contributed by atoms with Crippen molar-refractivity contribution in [3.8, 4) is 0 Å². The van der Waals surface area contributed by atoms with Crippen LogP contribution in [0.4, 0.5) is 0 Å². The smallest absolute Gasteiger partial charge is 0.0178 e. The van der Waals surface area contributed by atoms with Crippen molar-refractivity contribution in [2.45, 2.75) is 32.6 Å². The SMILES string of the molecule is CCCNCC1CCc2cc(Br)ccc2C1. The molecule has 1 N–H and O–H groups in total. The van der Waals surface area contributed by atoms with Crippen LogP contribution in [0.1, 0.15) is 30.9 Å². The second-order valence-electron chi connectivity index (χ2n) is 4.73. The van der Waals surface area contributed by atoms with E-state index in [9.17, 15) is 0 Å². The first-order chi connectivity index (χ1) is 7.79. The lowest BCUT2D eigenvalue weighted by Crippen LogP contribution is -2.27. The van der Waals surface area contributed by atoms with Crippen LogP contribution < -0.4 is 5.32 Å². The van der Waals surface area contributed by atoms with Crippen LogP contribution in [-0.2, 0) is 12.8 Å². The number of fused-ring (bicyclic) bond motifs is 1. The van der Waals surface area contributed by atoms with Crippen LogP contribution in [0.15, 0.2) is 22.7 Å². The van der Waals surface area contributed by atoms with Crippen molar-refractivity contribution >= 4 is 15.9 Å². The fraction of sp³-hybridized carbons (Fsp3) is 0.571. The van der Waals surface area contributed by atoms with Crippen LogP contribution in [0.2, 0.25) is 0 Å². The summed E-state index contributed by atoms with van der Waals surface area (Å²) in [6.07, 6.45) is 5.06. The molecule has 88 valence electrons. The standard InChI is InChI=1S/C14H20BrN/c1-2-7-16-10-11-3-4-13-9-14(15)6-5-12(13)8-11/h5-6,9,11,16H,2-4,7-8,10H2,1H3. The van der Waals surface area contributed by atoms with Crippen LogP contribution in [0, 0.1) is 5.92 Å². The Morgan fingerprint density at radius 2 is 2.25 bits per heavy atom. The Morgan fingerprint density at radius 1 is 1.38 bits per heavy atom. The van der Waals surface area contributed by atoms with Gasteiger partial charge >= 0.3 is 0 Å². The first-order valence-electron chi connectivity index (χ1n) is 6.27. The summed E-state index contributed by atoms with van der Waals surface area (Å²) in [5.41, 5.74) is 3.10. The van der Waals surface area contributed by atoms with Crippen molar-refractivity contribution in [1.82, 2.24) is 5.32 Å². The second-order valence-corrected chi connectivity index (χ2v) is 5.64. The summed E-state index contributed by atoms with van der Waals surface area (Å²) >= 11 is 3.54. The molecule has 0 spiro atoms. The van der Waals surface area contributed by atoms with Crippen LogP contribution in [0.25, 0.3) is 0 Å². The van der Waals surface area contributed by atoms with Gasteiger partial charge in [-0.2, -0.15) is 0 Å². The maximum Gasteiger partial charge on any atom is 0.0178 e. The molecule has 0 heterocycles. The summed E-state index contributed by atoms with van der Waals surface area (Å²) in [5, 5.41) is 3.54. The minimum Gasteiger partial charge on any atom is -0.316 e. The Balaban J connectivity index is 1.93. The molecular formula is C14H20BrN. The molecule has 1 unspecified atom stereocenters. The fourth-order valence-electron chi connectivity index (χ4n) is 2.46. The third-order valence-electron chi connectivity index (χ3n) is 3.36. The van der Waals surface area contributed by atoms with Crippen LogP contribution in [0.3, 0.4) is 0 Å². The predicted octanol–water partition coefficient (Wildman–Crippen LogP) is 3.55. The molecule has 0 aliphatic heterocycles. The maximum atomic E-state index is 3.54. The minimum absolute atomic E-state index is 0.834. The van der Waals surface area contributed by atoms with E-state index < -0.39 is 0 Å². The van der Waals surface area contributed by atoms with Gasteiger partial charge in [-0.05, 0) is 68.0 Å². The van der Waals surface area contributed by atoms with E-state index >= 15 is 0 Å². The van der Waals surface area contributed by atoms with Gasteiger partial charge in [-0.15, -0.1) is 0 Å². The van der Waals surface area contributed by atoms with Crippen molar-refractivity contribution < 1.29 is 0 Å². The summed E-state index contributed by atoms with van der Waals surface area (Å²) in [4.78, 5) is 0. The third-order valence-corrected chi connectivity index (χ3v) is 3.85. The first-order valence-corrected chi connectivity index (χ1v) is 7.07. The summed E-state index contributed by atoms with van der Waals surface area (Å²) in [6, 6.07) is 6.73. The third kappa shape index (κ3) is 3.08. The predicted molar refractivity (Wildman–Crippen MR) is 72.8 cm³/mol. The molecule has 1 aromatic carbocycles. The molecule has 0 aromatic heterocycles. The molecule has 16 heavy (non-hydrogen) atoms. The molecule has 1 atom stereocenters. The van der Waals surface area contributed by atoms with Crippen molar-refractivity contribution in [2.24, 2.45) is 5.92 Å². The van der Waals surface area contributed by atoms with Crippen molar-refractivity contribution in [3.05, 3.63) is 33.8 Å². The summed E-state index contributed by atoms with van der Waals surface area (Å²) in [6.45, 7) is 4.56. The zero-order chi connectivity index (χ0) is 11.4. The van der Waals surface area contributed by atoms with E-state index in [0.29, 0.717) is 0 Å². The maximum absolute atomic E-state index is 3.54. The number of halogens is 1. The molecule has 0 fully saturated rings. The monoisotopic (exact) mass is 281 g/mol. The summed E-state index contributed by atoms with van der Waals surface area (Å²) < 4.78 is 1.22.